The average molecular weight is 445 g/mol. The van der Waals surface area contributed by atoms with E-state index in [1.165, 1.54) is 0 Å². The highest BCUT2D eigenvalue weighted by molar-refractivity contribution is 9.10. The fraction of sp³-hybridized carbons (Fsp3) is 0.364. The molecule has 5 nitrogen and oxygen atoms in total. The van der Waals surface area contributed by atoms with E-state index < -0.39 is 11.5 Å². The van der Waals surface area contributed by atoms with Crippen molar-refractivity contribution in [3.63, 3.8) is 0 Å². The largest absolute Gasteiger partial charge is 0.438 e. The number of ether oxygens (including phenoxy) is 1. The fourth-order valence-corrected chi connectivity index (χ4v) is 4.13. The standard InChI is InChI=1S/C22H25BrN2O3/c1-2-19(16-8-10-18(23)11-9-16)25-15-14-22(28-21(25)27,13-12-20(24)26)17-6-4-3-5-7-17/h3-11,19H,2,12-15H2,1H3,(H2,24,26)/t19-,22+/m0/s1. The average Bonchev–Trinajstić information content (AvgIpc) is 2.70. The normalized spacial score (nSPS) is 20.5. The third kappa shape index (κ3) is 4.38. The highest BCUT2D eigenvalue weighted by atomic mass is 79.9. The molecule has 0 radical (unpaired) electrons. The number of carbonyl (C=O) groups excluding carboxylic acids is 2. The van der Waals surface area contributed by atoms with E-state index in [2.05, 4.69) is 22.9 Å². The summed E-state index contributed by atoms with van der Waals surface area (Å²) in [5.74, 6) is -0.393. The Morgan fingerprint density at radius 3 is 2.46 bits per heavy atom. The molecular weight excluding hydrogens is 420 g/mol. The Labute approximate surface area is 174 Å². The van der Waals surface area contributed by atoms with E-state index in [4.69, 9.17) is 10.5 Å². The number of rotatable bonds is 7. The second-order valence-electron chi connectivity index (χ2n) is 7.11. The lowest BCUT2D eigenvalue weighted by Crippen LogP contribution is -2.49. The molecule has 0 spiro atoms. The Morgan fingerprint density at radius 2 is 1.89 bits per heavy atom. The first-order valence-corrected chi connectivity index (χ1v) is 10.3. The van der Waals surface area contributed by atoms with Crippen LogP contribution in [-0.4, -0.2) is 23.4 Å². The molecule has 1 fully saturated rings. The van der Waals surface area contributed by atoms with Crippen molar-refractivity contribution in [1.29, 1.82) is 0 Å². The smallest absolute Gasteiger partial charge is 0.411 e. The monoisotopic (exact) mass is 444 g/mol. The van der Waals surface area contributed by atoms with Crippen LogP contribution in [0.3, 0.4) is 0 Å². The second kappa shape index (κ2) is 8.78. The van der Waals surface area contributed by atoms with Crippen LogP contribution < -0.4 is 5.73 Å². The van der Waals surface area contributed by atoms with Crippen LogP contribution in [0.1, 0.15) is 49.8 Å². The molecule has 0 aromatic heterocycles. The number of amides is 2. The van der Waals surface area contributed by atoms with Crippen molar-refractivity contribution in [2.75, 3.05) is 6.54 Å². The van der Waals surface area contributed by atoms with Gasteiger partial charge in [0, 0.05) is 30.3 Å². The Hall–Kier alpha value is -2.34. The van der Waals surface area contributed by atoms with E-state index >= 15 is 0 Å². The summed E-state index contributed by atoms with van der Waals surface area (Å²) < 4.78 is 7.02. The van der Waals surface area contributed by atoms with Gasteiger partial charge >= 0.3 is 6.09 Å². The Morgan fingerprint density at radius 1 is 1.21 bits per heavy atom. The van der Waals surface area contributed by atoms with E-state index in [0.717, 1.165) is 22.0 Å². The summed E-state index contributed by atoms with van der Waals surface area (Å²) in [6.07, 6.45) is 1.61. The van der Waals surface area contributed by atoms with E-state index in [9.17, 15) is 9.59 Å². The van der Waals surface area contributed by atoms with Gasteiger partial charge in [-0.25, -0.2) is 4.79 Å². The summed E-state index contributed by atoms with van der Waals surface area (Å²) in [5.41, 5.74) is 6.53. The predicted octanol–water partition coefficient (Wildman–Crippen LogP) is 4.90. The highest BCUT2D eigenvalue weighted by Gasteiger charge is 2.43. The maximum atomic E-state index is 13.0. The van der Waals surface area contributed by atoms with Crippen LogP contribution in [0.4, 0.5) is 4.79 Å². The molecule has 1 aliphatic rings. The molecule has 2 amide bonds. The first-order chi connectivity index (χ1) is 13.4. The quantitative estimate of drug-likeness (QED) is 0.659. The van der Waals surface area contributed by atoms with Gasteiger partial charge in [-0.3, -0.25) is 4.79 Å². The summed E-state index contributed by atoms with van der Waals surface area (Å²) in [6.45, 7) is 2.62. The van der Waals surface area contributed by atoms with Crippen molar-refractivity contribution in [3.8, 4) is 0 Å². The van der Waals surface area contributed by atoms with Crippen LogP contribution in [0, 0.1) is 0 Å². The van der Waals surface area contributed by atoms with Gasteiger partial charge in [0.15, 0.2) is 0 Å². The molecule has 148 valence electrons. The van der Waals surface area contributed by atoms with Crippen LogP contribution in [-0.2, 0) is 15.1 Å². The number of benzene rings is 2. The zero-order chi connectivity index (χ0) is 20.1. The molecule has 0 bridgehead atoms. The Balaban J connectivity index is 1.85. The molecule has 0 saturated carbocycles. The maximum Gasteiger partial charge on any atom is 0.411 e. The summed E-state index contributed by atoms with van der Waals surface area (Å²) in [7, 11) is 0. The number of carbonyl (C=O) groups is 2. The SMILES string of the molecule is CC[C@@H](c1ccc(Br)cc1)N1CC[C@](CCC(N)=O)(c2ccccc2)OC1=O. The van der Waals surface area contributed by atoms with Gasteiger partial charge in [0.25, 0.3) is 0 Å². The molecule has 2 atom stereocenters. The lowest BCUT2D eigenvalue weighted by atomic mass is 9.84. The molecule has 0 aliphatic carbocycles. The van der Waals surface area contributed by atoms with E-state index in [1.54, 1.807) is 4.90 Å². The molecule has 0 unspecified atom stereocenters. The van der Waals surface area contributed by atoms with Crippen molar-refractivity contribution >= 4 is 27.9 Å². The first-order valence-electron chi connectivity index (χ1n) is 9.54. The third-order valence-corrected chi connectivity index (χ3v) is 5.90. The number of nitrogens with zero attached hydrogens (tertiary/aromatic N) is 1. The summed E-state index contributed by atoms with van der Waals surface area (Å²) in [4.78, 5) is 26.2. The molecule has 1 saturated heterocycles. The van der Waals surface area contributed by atoms with Gasteiger partial charge in [-0.1, -0.05) is 65.3 Å². The molecular formula is C22H25BrN2O3. The van der Waals surface area contributed by atoms with Crippen molar-refractivity contribution < 1.29 is 14.3 Å². The van der Waals surface area contributed by atoms with E-state index in [-0.39, 0.29) is 18.6 Å². The zero-order valence-electron chi connectivity index (χ0n) is 15.9. The lowest BCUT2D eigenvalue weighted by molar-refractivity contribution is -0.121. The molecule has 6 heteroatoms. The second-order valence-corrected chi connectivity index (χ2v) is 8.03. The predicted molar refractivity (Wildman–Crippen MR) is 112 cm³/mol. The summed E-state index contributed by atoms with van der Waals surface area (Å²) in [6, 6.07) is 17.6. The molecule has 1 aliphatic heterocycles. The fourth-order valence-electron chi connectivity index (χ4n) is 3.86. The maximum absolute atomic E-state index is 13.0. The van der Waals surface area contributed by atoms with Gasteiger partial charge in [0.1, 0.15) is 5.60 Å². The van der Waals surface area contributed by atoms with Crippen LogP contribution in [0.2, 0.25) is 0 Å². The molecule has 28 heavy (non-hydrogen) atoms. The van der Waals surface area contributed by atoms with E-state index in [0.29, 0.717) is 19.4 Å². The number of halogens is 1. The topological polar surface area (TPSA) is 72.6 Å². The Bertz CT molecular complexity index is 825. The molecule has 3 rings (SSSR count). The zero-order valence-corrected chi connectivity index (χ0v) is 17.5. The minimum atomic E-state index is -0.818. The Kier molecular flexibility index (Phi) is 6.39. The van der Waals surface area contributed by atoms with Gasteiger partial charge in [0.2, 0.25) is 5.91 Å². The van der Waals surface area contributed by atoms with E-state index in [1.807, 2.05) is 54.6 Å². The van der Waals surface area contributed by atoms with Crippen LogP contribution >= 0.6 is 15.9 Å². The summed E-state index contributed by atoms with van der Waals surface area (Å²) in [5, 5.41) is 0. The lowest BCUT2D eigenvalue weighted by Gasteiger charge is -2.44. The van der Waals surface area contributed by atoms with Gasteiger partial charge in [0.05, 0.1) is 6.04 Å². The summed E-state index contributed by atoms with van der Waals surface area (Å²) >= 11 is 3.45. The minimum absolute atomic E-state index is 0.0505. The number of cyclic esters (lactones) is 1. The van der Waals surface area contributed by atoms with Crippen molar-refractivity contribution in [1.82, 2.24) is 4.90 Å². The van der Waals surface area contributed by atoms with Gasteiger partial charge in [-0.2, -0.15) is 0 Å². The molecule has 2 N–H and O–H groups in total. The van der Waals surface area contributed by atoms with Gasteiger partial charge in [-0.15, -0.1) is 0 Å². The van der Waals surface area contributed by atoms with Gasteiger partial charge in [-0.05, 0) is 29.7 Å². The number of primary amides is 1. The number of nitrogens with two attached hydrogens (primary N) is 1. The van der Waals surface area contributed by atoms with Crippen molar-refractivity contribution in [3.05, 3.63) is 70.2 Å². The molecule has 2 aromatic carbocycles. The molecule has 1 heterocycles. The van der Waals surface area contributed by atoms with Crippen LogP contribution in [0.15, 0.2) is 59.1 Å². The highest BCUT2D eigenvalue weighted by Crippen LogP contribution is 2.41. The van der Waals surface area contributed by atoms with Crippen molar-refractivity contribution in [2.45, 2.75) is 44.2 Å². The number of hydrogen-bond donors (Lipinski definition) is 1. The minimum Gasteiger partial charge on any atom is -0.438 e. The number of hydrogen-bond acceptors (Lipinski definition) is 3. The van der Waals surface area contributed by atoms with Crippen LogP contribution in [0.25, 0.3) is 0 Å². The first kappa shape index (κ1) is 20.4. The van der Waals surface area contributed by atoms with Gasteiger partial charge < -0.3 is 15.4 Å². The van der Waals surface area contributed by atoms with Crippen molar-refractivity contribution in [2.24, 2.45) is 5.73 Å². The van der Waals surface area contributed by atoms with Crippen LogP contribution in [0.5, 0.6) is 0 Å². The molecule has 2 aromatic rings. The third-order valence-electron chi connectivity index (χ3n) is 5.37.